The van der Waals surface area contributed by atoms with E-state index in [1.165, 1.54) is 6.92 Å². The zero-order chi connectivity index (χ0) is 13.8. The van der Waals surface area contributed by atoms with Gasteiger partial charge in [0.1, 0.15) is 0 Å². The van der Waals surface area contributed by atoms with Gasteiger partial charge in [-0.15, -0.1) is 0 Å². The number of aliphatic hydroxyl groups is 1. The Morgan fingerprint density at radius 1 is 1.50 bits per heavy atom. The van der Waals surface area contributed by atoms with E-state index in [0.29, 0.717) is 6.42 Å². The quantitative estimate of drug-likeness (QED) is 0.692. The van der Waals surface area contributed by atoms with E-state index in [0.717, 1.165) is 26.4 Å². The predicted octanol–water partition coefficient (Wildman–Crippen LogP) is 0.0184. The van der Waals surface area contributed by atoms with Gasteiger partial charge in [-0.1, -0.05) is 6.42 Å². The minimum Gasteiger partial charge on any atom is -0.468 e. The van der Waals surface area contributed by atoms with Gasteiger partial charge in [0.2, 0.25) is 10.0 Å². The van der Waals surface area contributed by atoms with E-state index in [9.17, 15) is 18.3 Å². The van der Waals surface area contributed by atoms with Gasteiger partial charge in [-0.3, -0.25) is 4.79 Å². The highest BCUT2D eigenvalue weighted by atomic mass is 32.2. The average Bonchev–Trinajstić information content (AvgIpc) is 2.34. The minimum absolute atomic E-state index is 0.133. The number of rotatable bonds is 5. The molecule has 0 aromatic heterocycles. The van der Waals surface area contributed by atoms with Crippen LogP contribution in [0.25, 0.3) is 0 Å². The Morgan fingerprint density at radius 2 is 2.17 bits per heavy atom. The zero-order valence-electron chi connectivity index (χ0n) is 10.8. The van der Waals surface area contributed by atoms with Gasteiger partial charge in [-0.05, 0) is 32.1 Å². The molecule has 0 aromatic carbocycles. The van der Waals surface area contributed by atoms with E-state index < -0.39 is 21.2 Å². The lowest BCUT2D eigenvalue weighted by Crippen LogP contribution is -2.41. The molecule has 7 heteroatoms. The number of methoxy groups -OCH3 is 1. The van der Waals surface area contributed by atoms with Gasteiger partial charge < -0.3 is 9.84 Å². The second-order valence-electron chi connectivity index (χ2n) is 4.75. The molecule has 0 aliphatic heterocycles. The van der Waals surface area contributed by atoms with Crippen LogP contribution in [0.5, 0.6) is 0 Å². The van der Waals surface area contributed by atoms with Crippen molar-refractivity contribution in [3.63, 3.8) is 0 Å². The number of nitrogens with one attached hydrogen (secondary N) is 1. The summed E-state index contributed by atoms with van der Waals surface area (Å²) in [7, 11) is -2.54. The van der Waals surface area contributed by atoms with Crippen molar-refractivity contribution in [2.45, 2.75) is 44.0 Å². The van der Waals surface area contributed by atoms with Crippen LogP contribution < -0.4 is 4.72 Å². The Balaban J connectivity index is 2.48. The third-order valence-electron chi connectivity index (χ3n) is 3.33. The molecule has 1 aliphatic rings. The molecule has 1 fully saturated rings. The highest BCUT2D eigenvalue weighted by Crippen LogP contribution is 2.23. The molecule has 106 valence electrons. The number of carbonyl (C=O) groups is 1. The van der Waals surface area contributed by atoms with Gasteiger partial charge in [0, 0.05) is 6.54 Å². The topological polar surface area (TPSA) is 92.7 Å². The van der Waals surface area contributed by atoms with Crippen LogP contribution in [-0.4, -0.2) is 44.5 Å². The lowest BCUT2D eigenvalue weighted by Gasteiger charge is -2.26. The second kappa shape index (κ2) is 6.49. The maximum Gasteiger partial charge on any atom is 0.325 e. The molecule has 1 saturated carbocycles. The van der Waals surface area contributed by atoms with Gasteiger partial charge in [0.15, 0.2) is 5.25 Å². The molecule has 0 amide bonds. The molecule has 6 nitrogen and oxygen atoms in total. The van der Waals surface area contributed by atoms with Gasteiger partial charge in [0.25, 0.3) is 0 Å². The molecule has 0 spiro atoms. The first-order valence-corrected chi connectivity index (χ1v) is 7.65. The Morgan fingerprint density at radius 3 is 2.72 bits per heavy atom. The fraction of sp³-hybridized carbons (Fsp3) is 0.909. The summed E-state index contributed by atoms with van der Waals surface area (Å²) in [6, 6.07) is 0. The van der Waals surface area contributed by atoms with Crippen LogP contribution in [0.3, 0.4) is 0 Å². The van der Waals surface area contributed by atoms with Crippen molar-refractivity contribution in [2.24, 2.45) is 5.92 Å². The fourth-order valence-electron chi connectivity index (χ4n) is 2.10. The van der Waals surface area contributed by atoms with Crippen LogP contribution in [0.4, 0.5) is 0 Å². The van der Waals surface area contributed by atoms with E-state index >= 15 is 0 Å². The molecule has 18 heavy (non-hydrogen) atoms. The number of sulfonamides is 1. The number of carbonyl (C=O) groups excluding carboxylic acids is 1. The van der Waals surface area contributed by atoms with Crippen LogP contribution >= 0.6 is 0 Å². The van der Waals surface area contributed by atoms with Crippen molar-refractivity contribution in [1.82, 2.24) is 4.72 Å². The highest BCUT2D eigenvalue weighted by Gasteiger charge is 2.30. The lowest BCUT2D eigenvalue weighted by molar-refractivity contribution is -0.139. The predicted molar refractivity (Wildman–Crippen MR) is 66.4 cm³/mol. The molecule has 0 radical (unpaired) electrons. The number of ether oxygens (including phenoxy) is 1. The Bertz CT molecular complexity index is 381. The third kappa shape index (κ3) is 4.22. The molecular formula is C11H21NO5S. The summed E-state index contributed by atoms with van der Waals surface area (Å²) in [6.45, 7) is 1.56. The van der Waals surface area contributed by atoms with Crippen molar-refractivity contribution >= 4 is 16.0 Å². The van der Waals surface area contributed by atoms with Gasteiger partial charge >= 0.3 is 5.97 Å². The molecule has 2 N–H and O–H groups in total. The van der Waals surface area contributed by atoms with E-state index in [1.54, 1.807) is 0 Å². The molecule has 0 saturated heterocycles. The summed E-state index contributed by atoms with van der Waals surface area (Å²) >= 11 is 0. The summed E-state index contributed by atoms with van der Waals surface area (Å²) in [5, 5.41) is 8.28. The first-order chi connectivity index (χ1) is 8.36. The van der Waals surface area contributed by atoms with Gasteiger partial charge in [-0.2, -0.15) is 0 Å². The Hall–Kier alpha value is -0.660. The van der Waals surface area contributed by atoms with Crippen LogP contribution in [0.2, 0.25) is 0 Å². The van der Waals surface area contributed by atoms with Crippen LogP contribution in [-0.2, 0) is 19.6 Å². The average molecular weight is 279 g/mol. The zero-order valence-corrected chi connectivity index (χ0v) is 11.6. The first-order valence-electron chi connectivity index (χ1n) is 6.11. The lowest BCUT2D eigenvalue weighted by atomic mass is 9.87. The summed E-state index contributed by atoms with van der Waals surface area (Å²) < 4.78 is 30.4. The molecule has 1 aliphatic carbocycles. The highest BCUT2D eigenvalue weighted by molar-refractivity contribution is 7.90. The van der Waals surface area contributed by atoms with E-state index in [4.69, 9.17) is 0 Å². The second-order valence-corrected chi connectivity index (χ2v) is 6.83. The van der Waals surface area contributed by atoms with Crippen molar-refractivity contribution in [3.8, 4) is 0 Å². The SMILES string of the molecule is COC(=O)C(C)S(=O)(=O)NCC1CCCC(O)C1. The number of hydrogen-bond donors (Lipinski definition) is 2. The summed E-state index contributed by atoms with van der Waals surface area (Å²) in [4.78, 5) is 11.2. The third-order valence-corrected chi connectivity index (χ3v) is 5.02. The summed E-state index contributed by atoms with van der Waals surface area (Å²) in [5.74, 6) is -0.639. The number of hydrogen-bond acceptors (Lipinski definition) is 5. The number of aliphatic hydroxyl groups excluding tert-OH is 1. The molecular weight excluding hydrogens is 258 g/mol. The van der Waals surface area contributed by atoms with E-state index in [2.05, 4.69) is 9.46 Å². The van der Waals surface area contributed by atoms with Crippen molar-refractivity contribution < 1.29 is 23.1 Å². The normalized spacial score (nSPS) is 26.6. The molecule has 3 atom stereocenters. The van der Waals surface area contributed by atoms with Gasteiger partial charge in [-0.25, -0.2) is 13.1 Å². The molecule has 0 bridgehead atoms. The smallest absolute Gasteiger partial charge is 0.325 e. The Kier molecular flexibility index (Phi) is 5.55. The fourth-order valence-corrected chi connectivity index (χ4v) is 3.17. The van der Waals surface area contributed by atoms with Crippen LogP contribution in [0.1, 0.15) is 32.6 Å². The van der Waals surface area contributed by atoms with Crippen molar-refractivity contribution in [1.29, 1.82) is 0 Å². The monoisotopic (exact) mass is 279 g/mol. The van der Waals surface area contributed by atoms with Gasteiger partial charge in [0.05, 0.1) is 13.2 Å². The van der Waals surface area contributed by atoms with Crippen molar-refractivity contribution in [3.05, 3.63) is 0 Å². The maximum absolute atomic E-state index is 11.8. The van der Waals surface area contributed by atoms with Crippen LogP contribution in [0, 0.1) is 5.92 Å². The molecule has 3 unspecified atom stereocenters. The Labute approximate surface area is 108 Å². The maximum atomic E-state index is 11.8. The van der Waals surface area contributed by atoms with E-state index in [-0.39, 0.29) is 18.6 Å². The standard InChI is InChI=1S/C11H21NO5S/c1-8(11(14)17-2)18(15,16)12-7-9-4-3-5-10(13)6-9/h8-10,12-13H,3-7H2,1-2H3. The molecule has 0 heterocycles. The molecule has 0 aromatic rings. The number of esters is 1. The molecule has 1 rings (SSSR count). The summed E-state index contributed by atoms with van der Waals surface area (Å²) in [6.07, 6.45) is 2.84. The van der Waals surface area contributed by atoms with Crippen molar-refractivity contribution in [2.75, 3.05) is 13.7 Å². The van der Waals surface area contributed by atoms with Crippen LogP contribution in [0.15, 0.2) is 0 Å². The summed E-state index contributed by atoms with van der Waals surface area (Å²) in [5.41, 5.74) is 0. The first kappa shape index (κ1) is 15.4. The minimum atomic E-state index is -3.69. The van der Waals surface area contributed by atoms with E-state index in [1.807, 2.05) is 0 Å². The largest absolute Gasteiger partial charge is 0.468 e.